The van der Waals surface area contributed by atoms with E-state index in [1.165, 1.54) is 16.0 Å². The van der Waals surface area contributed by atoms with Crippen molar-refractivity contribution in [3.63, 3.8) is 0 Å². The molecule has 108 valence electrons. The summed E-state index contributed by atoms with van der Waals surface area (Å²) in [6.45, 7) is 8.44. The van der Waals surface area contributed by atoms with Crippen LogP contribution < -0.4 is 5.19 Å². The van der Waals surface area contributed by atoms with Gasteiger partial charge < -0.3 is 4.43 Å². The molecule has 0 amide bonds. The minimum atomic E-state index is 0.410. The van der Waals surface area contributed by atoms with Crippen LogP contribution in [0.5, 0.6) is 0 Å². The second-order valence-electron chi connectivity index (χ2n) is 5.18. The fourth-order valence-electron chi connectivity index (χ4n) is 2.47. The highest BCUT2D eigenvalue weighted by atomic mass is 28.2. The van der Waals surface area contributed by atoms with Crippen LogP contribution in [0.25, 0.3) is 10.8 Å². The first-order valence-corrected chi connectivity index (χ1v) is 8.33. The summed E-state index contributed by atoms with van der Waals surface area (Å²) < 4.78 is 5.91. The first kappa shape index (κ1) is 15.7. The van der Waals surface area contributed by atoms with Gasteiger partial charge in [-0.1, -0.05) is 54.6 Å². The van der Waals surface area contributed by atoms with Crippen molar-refractivity contribution in [1.29, 1.82) is 0 Å². The largest absolute Gasteiger partial charge is 0.411 e. The van der Waals surface area contributed by atoms with E-state index in [-0.39, 0.29) is 0 Å². The van der Waals surface area contributed by atoms with Crippen molar-refractivity contribution >= 4 is 25.7 Å². The van der Waals surface area contributed by atoms with Gasteiger partial charge in [0.2, 0.25) is 0 Å². The quantitative estimate of drug-likeness (QED) is 0.381. The molecule has 2 heteroatoms. The van der Waals surface area contributed by atoms with Gasteiger partial charge in [-0.2, -0.15) is 0 Å². The molecule has 2 radical (unpaired) electrons. The number of hydrogen-bond acceptors (Lipinski definition) is 1. The standard InChI is InChI=1S/C19H22OSi/c1-3-8-16(9-4-2)14-15-20-21-19-13-7-11-17-10-5-6-12-18(17)19/h3-7,10-13,16H,1-2,8-9,14-15H2. The molecule has 2 rings (SSSR count). The van der Waals surface area contributed by atoms with Crippen LogP contribution in [0.1, 0.15) is 19.3 Å². The predicted octanol–water partition coefficient (Wildman–Crippen LogP) is 4.26. The molecule has 0 atom stereocenters. The molecule has 0 fully saturated rings. The Hall–Kier alpha value is -1.64. The van der Waals surface area contributed by atoms with Gasteiger partial charge in [0.15, 0.2) is 0 Å². The molecule has 2 aromatic carbocycles. The summed E-state index contributed by atoms with van der Waals surface area (Å²) in [6, 6.07) is 14.9. The summed E-state index contributed by atoms with van der Waals surface area (Å²) in [7, 11) is 0.410. The number of fused-ring (bicyclic) bond motifs is 1. The third kappa shape index (κ3) is 4.69. The summed E-state index contributed by atoms with van der Waals surface area (Å²) >= 11 is 0. The van der Waals surface area contributed by atoms with Crippen molar-refractivity contribution in [3.05, 3.63) is 67.8 Å². The molecule has 0 bridgehead atoms. The molecule has 0 aliphatic heterocycles. The lowest BCUT2D eigenvalue weighted by atomic mass is 9.98. The van der Waals surface area contributed by atoms with Crippen LogP contribution in [0, 0.1) is 5.92 Å². The van der Waals surface area contributed by atoms with Gasteiger partial charge in [0.05, 0.1) is 0 Å². The fraction of sp³-hybridized carbons (Fsp3) is 0.263. The van der Waals surface area contributed by atoms with Crippen LogP contribution >= 0.6 is 0 Å². The van der Waals surface area contributed by atoms with E-state index in [9.17, 15) is 0 Å². The number of benzene rings is 2. The molecule has 0 heterocycles. The highest BCUT2D eigenvalue weighted by Crippen LogP contribution is 2.14. The minimum absolute atomic E-state index is 0.410. The van der Waals surface area contributed by atoms with Crippen LogP contribution in [0.15, 0.2) is 67.8 Å². The Balaban J connectivity index is 1.87. The fourth-order valence-corrected chi connectivity index (χ4v) is 3.35. The Bertz CT molecular complexity index is 576. The Morgan fingerprint density at radius 1 is 1.00 bits per heavy atom. The maximum atomic E-state index is 5.91. The zero-order chi connectivity index (χ0) is 14.9. The van der Waals surface area contributed by atoms with Crippen molar-refractivity contribution in [2.24, 2.45) is 5.92 Å². The average Bonchev–Trinajstić information content (AvgIpc) is 2.52. The molecule has 0 aliphatic carbocycles. The maximum Gasteiger partial charge on any atom is 0.269 e. The van der Waals surface area contributed by atoms with Crippen molar-refractivity contribution in [1.82, 2.24) is 0 Å². The van der Waals surface area contributed by atoms with Crippen molar-refractivity contribution in [3.8, 4) is 0 Å². The lowest BCUT2D eigenvalue weighted by Gasteiger charge is -2.13. The minimum Gasteiger partial charge on any atom is -0.411 e. The molecule has 0 saturated carbocycles. The first-order chi connectivity index (χ1) is 10.3. The molecule has 0 spiro atoms. The second-order valence-corrected chi connectivity index (χ2v) is 6.21. The number of allylic oxidation sites excluding steroid dienone is 2. The third-order valence-electron chi connectivity index (χ3n) is 3.60. The molecule has 0 unspecified atom stereocenters. The smallest absolute Gasteiger partial charge is 0.269 e. The van der Waals surface area contributed by atoms with Gasteiger partial charge in [-0.3, -0.25) is 0 Å². The summed E-state index contributed by atoms with van der Waals surface area (Å²) in [5, 5.41) is 3.87. The molecule has 2 aromatic rings. The zero-order valence-corrected chi connectivity index (χ0v) is 13.4. The molecule has 0 saturated heterocycles. The van der Waals surface area contributed by atoms with Gasteiger partial charge in [-0.15, -0.1) is 13.2 Å². The van der Waals surface area contributed by atoms with E-state index in [0.717, 1.165) is 25.9 Å². The second kappa shape index (κ2) is 8.60. The van der Waals surface area contributed by atoms with E-state index in [1.54, 1.807) is 0 Å². The number of hydrogen-bond donors (Lipinski definition) is 0. The van der Waals surface area contributed by atoms with Crippen LogP contribution in [0.4, 0.5) is 0 Å². The summed E-state index contributed by atoms with van der Waals surface area (Å²) in [5.41, 5.74) is 0. The highest BCUT2D eigenvalue weighted by Gasteiger charge is 2.06. The van der Waals surface area contributed by atoms with E-state index in [1.807, 2.05) is 12.2 Å². The molecule has 21 heavy (non-hydrogen) atoms. The van der Waals surface area contributed by atoms with Gasteiger partial charge in [0.25, 0.3) is 9.76 Å². The summed E-state index contributed by atoms with van der Waals surface area (Å²) in [6.07, 6.45) is 7.11. The molecule has 0 aromatic heterocycles. The lowest BCUT2D eigenvalue weighted by molar-refractivity contribution is 0.295. The zero-order valence-electron chi connectivity index (χ0n) is 12.4. The van der Waals surface area contributed by atoms with Crippen LogP contribution in [0.3, 0.4) is 0 Å². The van der Waals surface area contributed by atoms with Gasteiger partial charge >= 0.3 is 0 Å². The normalized spacial score (nSPS) is 10.9. The Morgan fingerprint density at radius 2 is 1.71 bits per heavy atom. The van der Waals surface area contributed by atoms with Gasteiger partial charge in [-0.25, -0.2) is 0 Å². The summed E-state index contributed by atoms with van der Waals surface area (Å²) in [4.78, 5) is 0. The Kier molecular flexibility index (Phi) is 6.45. The predicted molar refractivity (Wildman–Crippen MR) is 93.0 cm³/mol. The van der Waals surface area contributed by atoms with Crippen LogP contribution in [-0.4, -0.2) is 16.4 Å². The van der Waals surface area contributed by atoms with Crippen LogP contribution in [0.2, 0.25) is 0 Å². The van der Waals surface area contributed by atoms with E-state index in [2.05, 4.69) is 55.6 Å². The molecule has 0 N–H and O–H groups in total. The average molecular weight is 294 g/mol. The van der Waals surface area contributed by atoms with Crippen LogP contribution in [-0.2, 0) is 4.43 Å². The lowest BCUT2D eigenvalue weighted by Crippen LogP contribution is -2.19. The maximum absolute atomic E-state index is 5.91. The van der Waals surface area contributed by atoms with Gasteiger partial charge in [0.1, 0.15) is 0 Å². The Morgan fingerprint density at radius 3 is 2.48 bits per heavy atom. The molecular weight excluding hydrogens is 272 g/mol. The third-order valence-corrected chi connectivity index (χ3v) is 4.60. The van der Waals surface area contributed by atoms with Gasteiger partial charge in [-0.05, 0) is 41.1 Å². The molecule has 0 aliphatic rings. The molecular formula is C19H22OSi. The van der Waals surface area contributed by atoms with Crippen molar-refractivity contribution in [2.45, 2.75) is 19.3 Å². The van der Waals surface area contributed by atoms with E-state index in [4.69, 9.17) is 4.43 Å². The van der Waals surface area contributed by atoms with E-state index >= 15 is 0 Å². The first-order valence-electron chi connectivity index (χ1n) is 7.42. The number of rotatable bonds is 9. The van der Waals surface area contributed by atoms with Crippen molar-refractivity contribution in [2.75, 3.05) is 6.61 Å². The highest BCUT2D eigenvalue weighted by molar-refractivity contribution is 6.51. The Labute approximate surface area is 130 Å². The van der Waals surface area contributed by atoms with E-state index in [0.29, 0.717) is 15.7 Å². The van der Waals surface area contributed by atoms with Gasteiger partial charge in [0, 0.05) is 6.61 Å². The van der Waals surface area contributed by atoms with Crippen molar-refractivity contribution < 1.29 is 4.43 Å². The molecule has 1 nitrogen and oxygen atoms in total. The topological polar surface area (TPSA) is 9.23 Å². The summed E-state index contributed by atoms with van der Waals surface area (Å²) in [5.74, 6) is 0.609. The van der Waals surface area contributed by atoms with E-state index < -0.39 is 0 Å². The monoisotopic (exact) mass is 294 g/mol. The SMILES string of the molecule is C=CCC(CC=C)CCO[Si]c1cccc2ccccc12.